The minimum Gasteiger partial charge on any atom is -0.481 e. The van der Waals surface area contributed by atoms with Crippen LogP contribution < -0.4 is 0 Å². The number of likely N-dealkylation sites (tertiary alicyclic amines) is 1. The molecule has 1 aliphatic heterocycles. The second-order valence-electron chi connectivity index (χ2n) is 8.06. The number of carbonyl (C=O) groups is 2. The summed E-state index contributed by atoms with van der Waals surface area (Å²) in [4.78, 5) is 25.6. The summed E-state index contributed by atoms with van der Waals surface area (Å²) in [6.45, 7) is 3.51. The van der Waals surface area contributed by atoms with Crippen molar-refractivity contribution in [1.82, 2.24) is 4.90 Å². The molecule has 0 saturated carbocycles. The summed E-state index contributed by atoms with van der Waals surface area (Å²) >= 11 is 0. The Bertz CT molecular complexity index is 864. The summed E-state index contributed by atoms with van der Waals surface area (Å²) in [5.41, 5.74) is 4.83. The Balaban J connectivity index is 1.42. The van der Waals surface area contributed by atoms with Crippen LogP contribution in [-0.4, -0.2) is 41.8 Å². The van der Waals surface area contributed by atoms with Gasteiger partial charge in [-0.2, -0.15) is 0 Å². The van der Waals surface area contributed by atoms with Gasteiger partial charge in [-0.05, 0) is 40.5 Å². The molecule has 1 N–H and O–H groups in total. The van der Waals surface area contributed by atoms with Gasteiger partial charge in [0.1, 0.15) is 6.61 Å². The molecule has 0 spiro atoms. The normalized spacial score (nSPS) is 20.8. The number of carboxylic acids is 1. The van der Waals surface area contributed by atoms with E-state index in [-0.39, 0.29) is 30.3 Å². The number of hydrogen-bond donors (Lipinski definition) is 1. The Morgan fingerprint density at radius 1 is 1.03 bits per heavy atom. The van der Waals surface area contributed by atoms with Gasteiger partial charge in [-0.25, -0.2) is 4.79 Å². The number of fused-ring (bicyclic) bond motifs is 3. The molecule has 1 aliphatic carbocycles. The van der Waals surface area contributed by atoms with E-state index >= 15 is 0 Å². The van der Waals surface area contributed by atoms with Crippen LogP contribution in [0.25, 0.3) is 11.1 Å². The first-order chi connectivity index (χ1) is 14.1. The number of hydrogen-bond acceptors (Lipinski definition) is 3. The van der Waals surface area contributed by atoms with Gasteiger partial charge >= 0.3 is 12.1 Å². The summed E-state index contributed by atoms with van der Waals surface area (Å²) < 4.78 is 5.76. The number of carbonyl (C=O) groups excluding carboxylic acids is 1. The summed E-state index contributed by atoms with van der Waals surface area (Å²) in [5.74, 6) is -0.364. The van der Waals surface area contributed by atoms with Crippen LogP contribution in [-0.2, 0) is 9.53 Å². The van der Waals surface area contributed by atoms with Crippen LogP contribution in [0, 0.1) is 11.8 Å². The number of aliphatic carboxylic acids is 1. The molecule has 29 heavy (non-hydrogen) atoms. The van der Waals surface area contributed by atoms with Gasteiger partial charge in [-0.15, -0.1) is 0 Å². The molecule has 0 radical (unpaired) electrons. The predicted octanol–water partition coefficient (Wildman–Crippen LogP) is 4.76. The van der Waals surface area contributed by atoms with E-state index in [0.29, 0.717) is 19.7 Å². The molecule has 4 rings (SSSR count). The quantitative estimate of drug-likeness (QED) is 0.795. The van der Waals surface area contributed by atoms with E-state index in [9.17, 15) is 9.59 Å². The lowest BCUT2D eigenvalue weighted by Gasteiger charge is -2.37. The smallest absolute Gasteiger partial charge is 0.409 e. The average Bonchev–Trinajstić information content (AvgIpc) is 3.06. The minimum absolute atomic E-state index is 0.0536. The second kappa shape index (κ2) is 8.27. The molecule has 0 aromatic heterocycles. The van der Waals surface area contributed by atoms with Gasteiger partial charge in [0, 0.05) is 25.4 Å². The van der Waals surface area contributed by atoms with Crippen molar-refractivity contribution in [2.75, 3.05) is 19.7 Å². The Morgan fingerprint density at radius 2 is 1.66 bits per heavy atom. The van der Waals surface area contributed by atoms with Gasteiger partial charge < -0.3 is 14.7 Å². The molecule has 2 atom stereocenters. The fraction of sp³-hybridized carbons (Fsp3) is 0.417. The molecule has 1 heterocycles. The van der Waals surface area contributed by atoms with Crippen molar-refractivity contribution >= 4 is 12.1 Å². The Hall–Kier alpha value is -2.82. The van der Waals surface area contributed by atoms with Crippen molar-refractivity contribution in [3.63, 3.8) is 0 Å². The van der Waals surface area contributed by atoms with E-state index in [0.717, 1.165) is 12.8 Å². The molecule has 152 valence electrons. The van der Waals surface area contributed by atoms with E-state index < -0.39 is 5.97 Å². The Labute approximate surface area is 171 Å². The molecule has 2 aromatic carbocycles. The van der Waals surface area contributed by atoms with E-state index in [1.165, 1.54) is 22.3 Å². The number of nitrogens with zero attached hydrogens (tertiary/aromatic N) is 1. The molecule has 2 aliphatic rings. The van der Waals surface area contributed by atoms with Crippen LogP contribution in [0.3, 0.4) is 0 Å². The first kappa shape index (κ1) is 19.5. The van der Waals surface area contributed by atoms with Crippen LogP contribution >= 0.6 is 0 Å². The summed E-state index contributed by atoms with van der Waals surface area (Å²) in [7, 11) is 0. The zero-order valence-electron chi connectivity index (χ0n) is 16.7. The van der Waals surface area contributed by atoms with Gasteiger partial charge in [0.15, 0.2) is 0 Å². The van der Waals surface area contributed by atoms with E-state index in [1.54, 1.807) is 4.90 Å². The topological polar surface area (TPSA) is 66.8 Å². The number of piperidine rings is 1. The zero-order chi connectivity index (χ0) is 20.4. The van der Waals surface area contributed by atoms with Crippen molar-refractivity contribution in [2.24, 2.45) is 11.8 Å². The largest absolute Gasteiger partial charge is 0.481 e. The fourth-order valence-electron chi connectivity index (χ4n) is 4.89. The highest BCUT2D eigenvalue weighted by Gasteiger charge is 2.34. The van der Waals surface area contributed by atoms with Crippen molar-refractivity contribution in [3.05, 3.63) is 59.7 Å². The highest BCUT2D eigenvalue weighted by atomic mass is 16.6. The maximum Gasteiger partial charge on any atom is 0.409 e. The maximum absolute atomic E-state index is 12.8. The minimum atomic E-state index is -0.761. The third-order valence-corrected chi connectivity index (χ3v) is 6.45. The van der Waals surface area contributed by atoms with Gasteiger partial charge in [-0.3, -0.25) is 4.79 Å². The van der Waals surface area contributed by atoms with Crippen molar-refractivity contribution in [1.29, 1.82) is 0 Å². The molecule has 1 fully saturated rings. The van der Waals surface area contributed by atoms with Gasteiger partial charge in [0.25, 0.3) is 0 Å². The van der Waals surface area contributed by atoms with Gasteiger partial charge in [0.2, 0.25) is 0 Å². The second-order valence-corrected chi connectivity index (χ2v) is 8.06. The Morgan fingerprint density at radius 3 is 2.24 bits per heavy atom. The molecule has 0 bridgehead atoms. The average molecular weight is 393 g/mol. The lowest BCUT2D eigenvalue weighted by Crippen LogP contribution is -2.44. The molecule has 1 amide bonds. The standard InChI is InChI=1S/C24H27NO4/c1-2-16-14-25(12-11-17(16)13-23(26)27)24(28)29-15-22-20-9-5-3-7-18(20)19-8-4-6-10-21(19)22/h3-10,16-17,22H,2,11-15H2,1H3,(H,26,27)/t16-,17-/m0/s1. The summed E-state index contributed by atoms with van der Waals surface area (Å²) in [6, 6.07) is 16.6. The highest BCUT2D eigenvalue weighted by Crippen LogP contribution is 2.44. The third-order valence-electron chi connectivity index (χ3n) is 6.45. The molecule has 5 nitrogen and oxygen atoms in total. The monoisotopic (exact) mass is 393 g/mol. The fourth-order valence-corrected chi connectivity index (χ4v) is 4.89. The van der Waals surface area contributed by atoms with Gasteiger partial charge in [-0.1, -0.05) is 61.9 Å². The molecule has 5 heteroatoms. The lowest BCUT2D eigenvalue weighted by atomic mass is 9.82. The number of benzene rings is 2. The first-order valence-electron chi connectivity index (χ1n) is 10.4. The van der Waals surface area contributed by atoms with Crippen LogP contribution in [0.15, 0.2) is 48.5 Å². The SMILES string of the molecule is CC[C@H]1CN(C(=O)OCC2c3ccccc3-c3ccccc32)CC[C@H]1CC(=O)O. The van der Waals surface area contributed by atoms with E-state index in [1.807, 2.05) is 24.3 Å². The lowest BCUT2D eigenvalue weighted by molar-refractivity contribution is -0.139. The first-order valence-corrected chi connectivity index (χ1v) is 10.4. The molecule has 2 aromatic rings. The van der Waals surface area contributed by atoms with Crippen molar-refractivity contribution < 1.29 is 19.4 Å². The summed E-state index contributed by atoms with van der Waals surface area (Å²) in [6.07, 6.45) is 1.47. The molecule has 0 unspecified atom stereocenters. The van der Waals surface area contributed by atoms with E-state index in [4.69, 9.17) is 9.84 Å². The third kappa shape index (κ3) is 3.86. The number of ether oxygens (including phenoxy) is 1. The predicted molar refractivity (Wildman–Crippen MR) is 111 cm³/mol. The number of carboxylic acid groups (broad SMARTS) is 1. The highest BCUT2D eigenvalue weighted by molar-refractivity contribution is 5.79. The van der Waals surface area contributed by atoms with Crippen LogP contribution in [0.4, 0.5) is 4.79 Å². The summed E-state index contributed by atoms with van der Waals surface area (Å²) in [5, 5.41) is 9.11. The maximum atomic E-state index is 12.8. The number of amides is 1. The molecule has 1 saturated heterocycles. The number of rotatable bonds is 5. The molecular weight excluding hydrogens is 366 g/mol. The van der Waals surface area contributed by atoms with Crippen LogP contribution in [0.1, 0.15) is 43.2 Å². The Kier molecular flexibility index (Phi) is 5.56. The zero-order valence-corrected chi connectivity index (χ0v) is 16.7. The van der Waals surface area contributed by atoms with Crippen molar-refractivity contribution in [3.8, 4) is 11.1 Å². The van der Waals surface area contributed by atoms with E-state index in [2.05, 4.69) is 31.2 Å². The molecular formula is C24H27NO4. The van der Waals surface area contributed by atoms with Crippen LogP contribution in [0.2, 0.25) is 0 Å². The van der Waals surface area contributed by atoms with Crippen molar-refractivity contribution in [2.45, 2.75) is 32.1 Å². The van der Waals surface area contributed by atoms with Gasteiger partial charge in [0.05, 0.1) is 0 Å². The van der Waals surface area contributed by atoms with Crippen LogP contribution in [0.5, 0.6) is 0 Å².